The summed E-state index contributed by atoms with van der Waals surface area (Å²) in [6.45, 7) is 1.76. The van der Waals surface area contributed by atoms with Crippen LogP contribution in [0.15, 0.2) is 187 Å². The Morgan fingerprint density at radius 2 is 1.39 bits per heavy atom. The van der Waals surface area contributed by atoms with E-state index in [9.17, 15) is 13.2 Å². The van der Waals surface area contributed by atoms with Gasteiger partial charge in [-0.3, -0.25) is 4.98 Å². The van der Waals surface area contributed by atoms with Crippen LogP contribution in [0.1, 0.15) is 22.2 Å². The third-order valence-electron chi connectivity index (χ3n) is 10.5. The van der Waals surface area contributed by atoms with E-state index in [0.717, 1.165) is 69.4 Å². The molecule has 0 amide bonds. The van der Waals surface area contributed by atoms with Crippen molar-refractivity contribution in [2.24, 2.45) is 5.41 Å². The minimum absolute atomic E-state index is 0. The fourth-order valence-corrected chi connectivity index (χ4v) is 7.32. The third kappa shape index (κ3) is 8.30. The number of halogens is 3. The van der Waals surface area contributed by atoms with Crippen molar-refractivity contribution in [3.63, 3.8) is 0 Å². The van der Waals surface area contributed by atoms with Crippen LogP contribution < -0.4 is 0 Å². The number of rotatable bonds is 7. The number of benzene rings is 7. The summed E-state index contributed by atoms with van der Waals surface area (Å²) in [7, 11) is 0. The zero-order chi connectivity index (χ0) is 43.1. The van der Waals surface area contributed by atoms with Gasteiger partial charge in [0.1, 0.15) is 5.58 Å². The molecule has 0 aliphatic carbocycles. The van der Waals surface area contributed by atoms with E-state index in [0.29, 0.717) is 16.8 Å². The Hall–Kier alpha value is -6.60. The molecule has 0 saturated carbocycles. The maximum absolute atomic E-state index is 13.5. The summed E-state index contributed by atoms with van der Waals surface area (Å²) in [6.07, 6.45) is -5.64. The van der Waals surface area contributed by atoms with Crippen LogP contribution in [0.25, 0.3) is 83.6 Å². The summed E-state index contributed by atoms with van der Waals surface area (Å²) < 4.78 is 65.2. The van der Waals surface area contributed by atoms with E-state index >= 15 is 0 Å². The summed E-state index contributed by atoms with van der Waals surface area (Å²) in [5, 5.41) is 1.96. The number of aromatic nitrogens is 3. The van der Waals surface area contributed by atoms with Crippen LogP contribution in [0.3, 0.4) is 0 Å². The van der Waals surface area contributed by atoms with Crippen LogP contribution in [-0.4, -0.2) is 20.7 Å². The standard InChI is InChI=1S/C28H21F3NO.C25H17N2.Ir/c1-27(2,28(29,30)31)17-18-10-12-19(13-11-18)20-14-15-32-24(16-20)23-8-5-7-22-21-6-3-4-9-25(21)33-26(22)23;1-3-11-19(12-4-1)21-15-7-9-17-23(21)27-24-18-10-8-16-22(24)26-25(27)20-13-5-2-6-14-20;/h3-7,9-16H,17H2,1-2H3;1-13,15-18H;/q2*-1;/i17D2;;. The molecule has 10 rings (SSSR count). The normalized spacial score (nSPS) is 12.3. The molecule has 7 aromatic carbocycles. The van der Waals surface area contributed by atoms with Gasteiger partial charge in [-0.1, -0.05) is 134 Å². The van der Waals surface area contributed by atoms with Crippen LogP contribution in [0.5, 0.6) is 0 Å². The van der Waals surface area contributed by atoms with E-state index in [1.54, 1.807) is 24.4 Å². The van der Waals surface area contributed by atoms with Gasteiger partial charge in [-0.25, -0.2) is 0 Å². The number of furan rings is 1. The molecule has 0 atom stereocenters. The Bertz CT molecular complexity index is 3180. The Labute approximate surface area is 368 Å². The van der Waals surface area contributed by atoms with Crippen molar-refractivity contribution in [3.05, 3.63) is 200 Å². The predicted octanol–water partition coefficient (Wildman–Crippen LogP) is 14.4. The van der Waals surface area contributed by atoms with Crippen molar-refractivity contribution in [2.75, 3.05) is 0 Å². The van der Waals surface area contributed by atoms with E-state index in [-0.39, 0.29) is 25.7 Å². The van der Waals surface area contributed by atoms with Gasteiger partial charge in [-0.15, -0.1) is 54.1 Å². The fraction of sp³-hybridized carbons (Fsp3) is 0.0943. The van der Waals surface area contributed by atoms with Crippen molar-refractivity contribution >= 4 is 33.0 Å². The summed E-state index contributed by atoms with van der Waals surface area (Å²) in [6, 6.07) is 63.1. The first-order valence-corrected chi connectivity index (χ1v) is 19.5. The largest absolute Gasteiger partial charge is 0.501 e. The van der Waals surface area contributed by atoms with Crippen molar-refractivity contribution in [1.29, 1.82) is 0 Å². The first-order chi connectivity index (χ1) is 29.9. The minimum atomic E-state index is -4.69. The molecule has 61 heavy (non-hydrogen) atoms. The second-order valence-electron chi connectivity index (χ2n) is 14.9. The van der Waals surface area contributed by atoms with Gasteiger partial charge in [-0.05, 0) is 64.7 Å². The molecular formula is C53H38F3IrN3O-2. The molecule has 8 heteroatoms. The van der Waals surface area contributed by atoms with Gasteiger partial charge in [-0.2, -0.15) is 13.2 Å². The molecule has 3 aromatic heterocycles. The Balaban J connectivity index is 0.000000175. The SMILES string of the molecule is [2H]C([2H])(c1ccc(-c2ccnc(-c3[c-]ccc4c3oc3ccccc34)c2)cc1)C(C)(C)C(F)(F)F.[Ir].[c-]1ccccc1-c1nc2ccccc2n1-c1ccccc1-c1ccccc1. The molecule has 0 N–H and O–H groups in total. The van der Waals surface area contributed by atoms with E-state index in [4.69, 9.17) is 12.1 Å². The van der Waals surface area contributed by atoms with Crippen molar-refractivity contribution in [2.45, 2.75) is 26.4 Å². The van der Waals surface area contributed by atoms with Gasteiger partial charge in [0.25, 0.3) is 0 Å². The Morgan fingerprint density at radius 1 is 0.672 bits per heavy atom. The number of alkyl halides is 3. The van der Waals surface area contributed by atoms with Gasteiger partial charge in [0.05, 0.1) is 27.9 Å². The van der Waals surface area contributed by atoms with Crippen molar-refractivity contribution in [1.82, 2.24) is 14.5 Å². The van der Waals surface area contributed by atoms with Crippen LogP contribution >= 0.6 is 0 Å². The van der Waals surface area contributed by atoms with Crippen LogP contribution in [-0.2, 0) is 26.5 Å². The molecule has 0 spiro atoms. The Kier molecular flexibility index (Phi) is 10.9. The molecule has 4 nitrogen and oxygen atoms in total. The number of hydrogen-bond acceptors (Lipinski definition) is 3. The summed E-state index contributed by atoms with van der Waals surface area (Å²) in [5.74, 6) is 0.903. The molecule has 3 heterocycles. The second-order valence-corrected chi connectivity index (χ2v) is 14.9. The number of imidazole rings is 1. The number of pyridine rings is 1. The first kappa shape index (κ1) is 38.6. The molecular weight excluding hydrogens is 944 g/mol. The molecule has 0 unspecified atom stereocenters. The topological polar surface area (TPSA) is 43.9 Å². The second kappa shape index (κ2) is 17.2. The Morgan fingerprint density at radius 3 is 2.18 bits per heavy atom. The van der Waals surface area contributed by atoms with E-state index in [1.165, 1.54) is 23.3 Å². The number of para-hydroxylation sites is 4. The first-order valence-electron chi connectivity index (χ1n) is 20.5. The zero-order valence-electron chi connectivity index (χ0n) is 35.0. The van der Waals surface area contributed by atoms with Crippen LogP contribution in [0, 0.1) is 17.5 Å². The number of fused-ring (bicyclic) bond motifs is 4. The summed E-state index contributed by atoms with van der Waals surface area (Å²) in [4.78, 5) is 9.42. The molecule has 1 radical (unpaired) electrons. The predicted molar refractivity (Wildman–Crippen MR) is 236 cm³/mol. The zero-order valence-corrected chi connectivity index (χ0v) is 35.4. The minimum Gasteiger partial charge on any atom is -0.501 e. The van der Waals surface area contributed by atoms with Crippen molar-refractivity contribution in [3.8, 4) is 50.6 Å². The number of hydrogen-bond donors (Lipinski definition) is 0. The van der Waals surface area contributed by atoms with Crippen LogP contribution in [0.2, 0.25) is 0 Å². The van der Waals surface area contributed by atoms with Crippen LogP contribution in [0.4, 0.5) is 13.2 Å². The molecule has 0 bridgehead atoms. The monoisotopic (exact) mass is 984 g/mol. The smallest absolute Gasteiger partial charge is 0.394 e. The third-order valence-corrected chi connectivity index (χ3v) is 10.5. The van der Waals surface area contributed by atoms with E-state index in [1.807, 2.05) is 72.8 Å². The summed E-state index contributed by atoms with van der Waals surface area (Å²) >= 11 is 0. The summed E-state index contributed by atoms with van der Waals surface area (Å²) in [5.41, 5.74) is 8.28. The average Bonchev–Trinajstić information content (AvgIpc) is 3.89. The quantitative estimate of drug-likeness (QED) is 0.149. The molecule has 10 aromatic rings. The molecule has 0 fully saturated rings. The van der Waals surface area contributed by atoms with Gasteiger partial charge in [0, 0.05) is 45.7 Å². The maximum Gasteiger partial charge on any atom is 0.394 e. The number of nitrogens with zero attached hydrogens (tertiary/aromatic N) is 3. The van der Waals surface area contributed by atoms with Gasteiger partial charge in [0.15, 0.2) is 0 Å². The van der Waals surface area contributed by atoms with E-state index in [2.05, 4.69) is 94.5 Å². The fourth-order valence-electron chi connectivity index (χ4n) is 7.32. The van der Waals surface area contributed by atoms with Gasteiger partial charge >= 0.3 is 6.18 Å². The average molecular weight is 984 g/mol. The van der Waals surface area contributed by atoms with Gasteiger partial charge < -0.3 is 14.0 Å². The molecule has 0 aliphatic heterocycles. The van der Waals surface area contributed by atoms with Gasteiger partial charge in [0.2, 0.25) is 0 Å². The van der Waals surface area contributed by atoms with Crippen molar-refractivity contribution < 1.29 is 40.4 Å². The van der Waals surface area contributed by atoms with E-state index < -0.39 is 18.0 Å². The molecule has 303 valence electrons. The molecule has 0 saturated heterocycles. The maximum atomic E-state index is 13.5. The molecule has 0 aliphatic rings.